The van der Waals surface area contributed by atoms with Crippen LogP contribution < -0.4 is 0 Å². The molecule has 1 aromatic heterocycles. The van der Waals surface area contributed by atoms with Gasteiger partial charge < -0.3 is 5.11 Å². The van der Waals surface area contributed by atoms with E-state index in [-0.39, 0.29) is 6.61 Å². The van der Waals surface area contributed by atoms with Crippen LogP contribution in [0.25, 0.3) is 5.69 Å². The van der Waals surface area contributed by atoms with Crippen molar-refractivity contribution >= 4 is 15.9 Å². The molecule has 0 saturated heterocycles. The Kier molecular flexibility index (Phi) is 2.88. The Morgan fingerprint density at radius 3 is 2.87 bits per heavy atom. The first-order chi connectivity index (χ1) is 7.20. The molecular formula is C11H11BrN2O. The second-order valence-electron chi connectivity index (χ2n) is 3.32. The largest absolute Gasteiger partial charge is 0.392 e. The van der Waals surface area contributed by atoms with Gasteiger partial charge in [-0.05, 0) is 25.1 Å². The van der Waals surface area contributed by atoms with Crippen molar-refractivity contribution in [3.8, 4) is 5.69 Å². The summed E-state index contributed by atoms with van der Waals surface area (Å²) in [5.41, 5.74) is 2.69. The average molecular weight is 267 g/mol. The summed E-state index contributed by atoms with van der Waals surface area (Å²) >= 11 is 3.41. The Bertz CT molecular complexity index is 479. The molecule has 0 saturated carbocycles. The zero-order chi connectivity index (χ0) is 10.8. The normalized spacial score (nSPS) is 10.6. The number of benzene rings is 1. The number of hydrogen-bond acceptors (Lipinski definition) is 2. The van der Waals surface area contributed by atoms with Crippen LogP contribution in [0, 0.1) is 6.92 Å². The lowest BCUT2D eigenvalue weighted by atomic mass is 10.3. The molecule has 1 N–H and O–H groups in total. The number of aryl methyl sites for hydroxylation is 1. The van der Waals surface area contributed by atoms with Gasteiger partial charge >= 0.3 is 0 Å². The molecule has 0 amide bonds. The van der Waals surface area contributed by atoms with Crippen molar-refractivity contribution in [3.63, 3.8) is 0 Å². The van der Waals surface area contributed by atoms with Crippen molar-refractivity contribution in [2.24, 2.45) is 0 Å². The minimum atomic E-state index is 0.0276. The predicted molar refractivity (Wildman–Crippen MR) is 61.9 cm³/mol. The van der Waals surface area contributed by atoms with Gasteiger partial charge in [0.2, 0.25) is 0 Å². The highest BCUT2D eigenvalue weighted by Crippen LogP contribution is 2.16. The first-order valence-corrected chi connectivity index (χ1v) is 5.42. The first kappa shape index (κ1) is 10.4. The summed E-state index contributed by atoms with van der Waals surface area (Å²) in [6, 6.07) is 7.87. The zero-order valence-electron chi connectivity index (χ0n) is 8.31. The smallest absolute Gasteiger partial charge is 0.0715 e. The van der Waals surface area contributed by atoms with Crippen LogP contribution in [0.4, 0.5) is 0 Å². The van der Waals surface area contributed by atoms with E-state index in [4.69, 9.17) is 5.11 Å². The highest BCUT2D eigenvalue weighted by molar-refractivity contribution is 9.10. The predicted octanol–water partition coefficient (Wildman–Crippen LogP) is 2.44. The van der Waals surface area contributed by atoms with Gasteiger partial charge in [0, 0.05) is 16.2 Å². The summed E-state index contributed by atoms with van der Waals surface area (Å²) in [5.74, 6) is 0. The third-order valence-electron chi connectivity index (χ3n) is 2.24. The van der Waals surface area contributed by atoms with E-state index in [0.29, 0.717) is 0 Å². The molecular weight excluding hydrogens is 256 g/mol. The molecule has 0 aliphatic rings. The highest BCUT2D eigenvalue weighted by atomic mass is 79.9. The van der Waals surface area contributed by atoms with Gasteiger partial charge in [-0.25, -0.2) is 4.68 Å². The van der Waals surface area contributed by atoms with Gasteiger partial charge in [-0.15, -0.1) is 0 Å². The van der Waals surface area contributed by atoms with E-state index < -0.39 is 0 Å². The maximum Gasteiger partial charge on any atom is 0.0715 e. The summed E-state index contributed by atoms with van der Waals surface area (Å²) in [5, 5.41) is 13.4. The molecule has 2 rings (SSSR count). The number of nitrogens with zero attached hydrogens (tertiary/aromatic N) is 2. The maximum absolute atomic E-state index is 9.07. The third-order valence-corrected chi connectivity index (χ3v) is 2.74. The zero-order valence-corrected chi connectivity index (χ0v) is 9.90. The molecule has 0 radical (unpaired) electrons. The molecule has 0 fully saturated rings. The molecule has 1 aromatic carbocycles. The van der Waals surface area contributed by atoms with Gasteiger partial charge in [-0.3, -0.25) is 0 Å². The number of halogens is 1. The van der Waals surface area contributed by atoms with E-state index in [1.54, 1.807) is 4.68 Å². The van der Waals surface area contributed by atoms with Crippen LogP contribution in [-0.4, -0.2) is 14.9 Å². The van der Waals surface area contributed by atoms with Crippen LogP contribution in [0.1, 0.15) is 11.3 Å². The summed E-state index contributed by atoms with van der Waals surface area (Å²) in [6.45, 7) is 1.92. The second kappa shape index (κ2) is 4.16. The summed E-state index contributed by atoms with van der Waals surface area (Å²) in [4.78, 5) is 0. The first-order valence-electron chi connectivity index (χ1n) is 4.62. The van der Waals surface area contributed by atoms with Crippen molar-refractivity contribution in [2.75, 3.05) is 0 Å². The van der Waals surface area contributed by atoms with Crippen LogP contribution in [0.15, 0.2) is 34.9 Å². The Hall–Kier alpha value is -1.13. The lowest BCUT2D eigenvalue weighted by Crippen LogP contribution is -1.94. The van der Waals surface area contributed by atoms with Gasteiger partial charge in [0.25, 0.3) is 0 Å². The van der Waals surface area contributed by atoms with Gasteiger partial charge in [0.05, 0.1) is 18.0 Å². The van der Waals surface area contributed by atoms with E-state index in [2.05, 4.69) is 21.0 Å². The van der Waals surface area contributed by atoms with Crippen LogP contribution in [0.3, 0.4) is 0 Å². The van der Waals surface area contributed by atoms with Crippen LogP contribution in [-0.2, 0) is 6.61 Å². The van der Waals surface area contributed by atoms with E-state index in [9.17, 15) is 0 Å². The number of aromatic nitrogens is 2. The van der Waals surface area contributed by atoms with Crippen molar-refractivity contribution in [2.45, 2.75) is 13.5 Å². The maximum atomic E-state index is 9.07. The van der Waals surface area contributed by atoms with Gasteiger partial charge in [-0.2, -0.15) is 5.10 Å². The molecule has 0 aliphatic heterocycles. The average Bonchev–Trinajstić information content (AvgIpc) is 2.60. The molecule has 2 aromatic rings. The highest BCUT2D eigenvalue weighted by Gasteiger charge is 2.04. The van der Waals surface area contributed by atoms with Crippen molar-refractivity contribution in [1.29, 1.82) is 0 Å². The Morgan fingerprint density at radius 2 is 2.27 bits per heavy atom. The van der Waals surface area contributed by atoms with Crippen LogP contribution in [0.2, 0.25) is 0 Å². The topological polar surface area (TPSA) is 38.0 Å². The molecule has 3 nitrogen and oxygen atoms in total. The number of hydrogen-bond donors (Lipinski definition) is 1. The molecule has 1 heterocycles. The Morgan fingerprint density at radius 1 is 1.47 bits per heavy atom. The standard InChI is InChI=1S/C11H11BrN2O/c1-8-9(7-15)6-14(13-8)11-4-2-3-10(12)5-11/h2-6,15H,7H2,1H3. The number of rotatable bonds is 2. The summed E-state index contributed by atoms with van der Waals surface area (Å²) in [7, 11) is 0. The monoisotopic (exact) mass is 266 g/mol. The van der Waals surface area contributed by atoms with E-state index >= 15 is 0 Å². The van der Waals surface area contributed by atoms with Crippen molar-refractivity contribution < 1.29 is 5.11 Å². The minimum Gasteiger partial charge on any atom is -0.392 e. The summed E-state index contributed by atoms with van der Waals surface area (Å²) in [6.07, 6.45) is 1.84. The molecule has 0 atom stereocenters. The SMILES string of the molecule is Cc1nn(-c2cccc(Br)c2)cc1CO. The van der Waals surface area contributed by atoms with Crippen molar-refractivity contribution in [3.05, 3.63) is 46.2 Å². The summed E-state index contributed by atoms with van der Waals surface area (Å²) < 4.78 is 2.78. The molecule has 15 heavy (non-hydrogen) atoms. The fourth-order valence-electron chi connectivity index (χ4n) is 1.40. The van der Waals surface area contributed by atoms with Crippen LogP contribution in [0.5, 0.6) is 0 Å². The van der Waals surface area contributed by atoms with Crippen molar-refractivity contribution in [1.82, 2.24) is 9.78 Å². The quantitative estimate of drug-likeness (QED) is 0.907. The van der Waals surface area contributed by atoms with Gasteiger partial charge in [0.15, 0.2) is 0 Å². The van der Waals surface area contributed by atoms with Gasteiger partial charge in [0.1, 0.15) is 0 Å². The molecule has 0 bridgehead atoms. The van der Waals surface area contributed by atoms with E-state index in [1.165, 1.54) is 0 Å². The van der Waals surface area contributed by atoms with Gasteiger partial charge in [-0.1, -0.05) is 22.0 Å². The fourth-order valence-corrected chi connectivity index (χ4v) is 1.79. The molecule has 4 heteroatoms. The Balaban J connectivity index is 2.45. The van der Waals surface area contributed by atoms with E-state index in [1.807, 2.05) is 37.4 Å². The number of aliphatic hydroxyl groups is 1. The second-order valence-corrected chi connectivity index (χ2v) is 4.24. The molecule has 0 unspecified atom stereocenters. The third kappa shape index (κ3) is 2.11. The minimum absolute atomic E-state index is 0.0276. The number of aliphatic hydroxyl groups excluding tert-OH is 1. The fraction of sp³-hybridized carbons (Fsp3) is 0.182. The molecule has 0 spiro atoms. The lowest BCUT2D eigenvalue weighted by molar-refractivity contribution is 0.281. The molecule has 78 valence electrons. The Labute approximate surface area is 96.5 Å². The van der Waals surface area contributed by atoms with Crippen LogP contribution >= 0.6 is 15.9 Å². The molecule has 0 aliphatic carbocycles. The lowest BCUT2D eigenvalue weighted by Gasteiger charge is -2.00. The van der Waals surface area contributed by atoms with E-state index in [0.717, 1.165) is 21.4 Å².